The van der Waals surface area contributed by atoms with Gasteiger partial charge >= 0.3 is 0 Å². The molecule has 7 nitrogen and oxygen atoms in total. The fraction of sp³-hybridized carbons (Fsp3) is 0.176. The molecule has 0 fully saturated rings. The lowest BCUT2D eigenvalue weighted by Crippen LogP contribution is -2.25. The fourth-order valence-electron chi connectivity index (χ4n) is 2.37. The minimum absolute atomic E-state index is 0.0831. The Hall–Kier alpha value is -2.93. The SMILES string of the molecule is COc1cc(NC(=O)c2ccc3c(c2)OCC(=O)N3)c(OC)cc1Cl. The van der Waals surface area contributed by atoms with Crippen LogP contribution in [0.1, 0.15) is 10.4 Å². The maximum atomic E-state index is 12.5. The van der Waals surface area contributed by atoms with Crippen LogP contribution in [0.3, 0.4) is 0 Å². The molecule has 2 N–H and O–H groups in total. The number of fused-ring (bicyclic) bond motifs is 1. The second-order valence-corrected chi connectivity index (χ2v) is 5.60. The van der Waals surface area contributed by atoms with Crippen molar-refractivity contribution in [3.05, 3.63) is 40.9 Å². The van der Waals surface area contributed by atoms with E-state index in [0.29, 0.717) is 39.2 Å². The number of nitrogens with one attached hydrogen (secondary N) is 2. The zero-order chi connectivity index (χ0) is 18.0. The van der Waals surface area contributed by atoms with Gasteiger partial charge in [-0.3, -0.25) is 9.59 Å². The summed E-state index contributed by atoms with van der Waals surface area (Å²) in [5.41, 5.74) is 1.31. The van der Waals surface area contributed by atoms with Crippen LogP contribution in [0.15, 0.2) is 30.3 Å². The molecule has 25 heavy (non-hydrogen) atoms. The lowest BCUT2D eigenvalue weighted by atomic mass is 10.1. The third kappa shape index (κ3) is 3.46. The van der Waals surface area contributed by atoms with Crippen LogP contribution in [0, 0.1) is 0 Å². The summed E-state index contributed by atoms with van der Waals surface area (Å²) in [6.07, 6.45) is 0. The van der Waals surface area contributed by atoms with Crippen molar-refractivity contribution in [1.29, 1.82) is 0 Å². The van der Waals surface area contributed by atoms with Gasteiger partial charge in [0.25, 0.3) is 11.8 Å². The molecule has 2 amide bonds. The van der Waals surface area contributed by atoms with Crippen molar-refractivity contribution in [3.8, 4) is 17.2 Å². The Labute approximate surface area is 148 Å². The minimum atomic E-state index is -0.369. The number of hydrogen-bond acceptors (Lipinski definition) is 5. The number of halogens is 1. The highest BCUT2D eigenvalue weighted by Crippen LogP contribution is 2.36. The van der Waals surface area contributed by atoms with Crippen molar-refractivity contribution in [2.45, 2.75) is 0 Å². The molecule has 2 aromatic rings. The van der Waals surface area contributed by atoms with E-state index in [-0.39, 0.29) is 18.4 Å². The predicted octanol–water partition coefficient (Wildman–Crippen LogP) is 2.94. The molecule has 130 valence electrons. The molecule has 8 heteroatoms. The first-order valence-electron chi connectivity index (χ1n) is 7.31. The standard InChI is InChI=1S/C17H15ClN2O5/c1-23-13-7-12(14(24-2)6-10(13)18)20-17(22)9-3-4-11-15(5-9)25-8-16(21)19-11/h3-7H,8H2,1-2H3,(H,19,21)(H,20,22). The minimum Gasteiger partial charge on any atom is -0.495 e. The first kappa shape index (κ1) is 16.9. The Morgan fingerprint density at radius 3 is 2.68 bits per heavy atom. The molecule has 0 atom stereocenters. The van der Waals surface area contributed by atoms with E-state index < -0.39 is 0 Å². The number of carbonyl (C=O) groups excluding carboxylic acids is 2. The van der Waals surface area contributed by atoms with Crippen molar-refractivity contribution >= 4 is 34.8 Å². The van der Waals surface area contributed by atoms with Crippen LogP contribution in [0.25, 0.3) is 0 Å². The van der Waals surface area contributed by atoms with Gasteiger partial charge in [-0.25, -0.2) is 0 Å². The molecule has 0 unspecified atom stereocenters. The number of amides is 2. The topological polar surface area (TPSA) is 85.9 Å². The van der Waals surface area contributed by atoms with Crippen molar-refractivity contribution in [3.63, 3.8) is 0 Å². The summed E-state index contributed by atoms with van der Waals surface area (Å²) in [5.74, 6) is 0.649. The number of ether oxygens (including phenoxy) is 3. The maximum absolute atomic E-state index is 12.5. The van der Waals surface area contributed by atoms with Crippen LogP contribution in [0.4, 0.5) is 11.4 Å². The molecule has 0 saturated heterocycles. The second-order valence-electron chi connectivity index (χ2n) is 5.19. The zero-order valence-corrected chi connectivity index (χ0v) is 14.3. The predicted molar refractivity (Wildman–Crippen MR) is 93.1 cm³/mol. The molecule has 0 bridgehead atoms. The maximum Gasteiger partial charge on any atom is 0.262 e. The summed E-state index contributed by atoms with van der Waals surface area (Å²) in [7, 11) is 2.96. The first-order chi connectivity index (χ1) is 12.0. The number of benzene rings is 2. The van der Waals surface area contributed by atoms with Gasteiger partial charge in [-0.1, -0.05) is 11.6 Å². The van der Waals surface area contributed by atoms with Gasteiger partial charge in [0.15, 0.2) is 6.61 Å². The Balaban J connectivity index is 1.86. The van der Waals surface area contributed by atoms with Crippen LogP contribution >= 0.6 is 11.6 Å². The molecule has 0 aliphatic carbocycles. The Kier molecular flexibility index (Phi) is 4.67. The van der Waals surface area contributed by atoms with Gasteiger partial charge in [0, 0.05) is 17.7 Å². The van der Waals surface area contributed by atoms with Gasteiger partial charge in [0.2, 0.25) is 0 Å². The summed E-state index contributed by atoms with van der Waals surface area (Å²) in [4.78, 5) is 23.8. The normalized spacial score (nSPS) is 12.5. The smallest absolute Gasteiger partial charge is 0.262 e. The summed E-state index contributed by atoms with van der Waals surface area (Å²) in [5, 5.41) is 5.79. The van der Waals surface area contributed by atoms with Gasteiger partial charge in [0.1, 0.15) is 17.2 Å². The van der Waals surface area contributed by atoms with Gasteiger partial charge in [0.05, 0.1) is 30.6 Å². The third-order valence-corrected chi connectivity index (χ3v) is 3.89. The monoisotopic (exact) mass is 362 g/mol. The molecule has 0 radical (unpaired) electrons. The third-order valence-electron chi connectivity index (χ3n) is 3.60. The fourth-order valence-corrected chi connectivity index (χ4v) is 2.60. The van der Waals surface area contributed by atoms with E-state index in [0.717, 1.165) is 0 Å². The van der Waals surface area contributed by atoms with E-state index in [1.54, 1.807) is 30.3 Å². The molecule has 0 aromatic heterocycles. The van der Waals surface area contributed by atoms with Crippen LogP contribution in [0.2, 0.25) is 5.02 Å². The molecule has 1 aliphatic heterocycles. The van der Waals surface area contributed by atoms with Gasteiger partial charge in [-0.2, -0.15) is 0 Å². The van der Waals surface area contributed by atoms with Crippen molar-refractivity contribution < 1.29 is 23.8 Å². The summed E-state index contributed by atoms with van der Waals surface area (Å²) in [6, 6.07) is 7.89. The highest BCUT2D eigenvalue weighted by atomic mass is 35.5. The average molecular weight is 363 g/mol. The quantitative estimate of drug-likeness (QED) is 0.873. The van der Waals surface area contributed by atoms with Crippen molar-refractivity contribution in [2.75, 3.05) is 31.5 Å². The van der Waals surface area contributed by atoms with Crippen LogP contribution in [-0.4, -0.2) is 32.6 Å². The Bertz CT molecular complexity index is 853. The van der Waals surface area contributed by atoms with Crippen molar-refractivity contribution in [1.82, 2.24) is 0 Å². The molecular weight excluding hydrogens is 348 g/mol. The molecule has 2 aromatic carbocycles. The number of rotatable bonds is 4. The number of methoxy groups -OCH3 is 2. The number of carbonyl (C=O) groups is 2. The summed E-state index contributed by atoms with van der Waals surface area (Å²) in [6.45, 7) is -0.0831. The summed E-state index contributed by atoms with van der Waals surface area (Å²) < 4.78 is 15.7. The first-order valence-corrected chi connectivity index (χ1v) is 7.69. The van der Waals surface area contributed by atoms with Crippen LogP contribution in [-0.2, 0) is 4.79 Å². The molecule has 1 heterocycles. The Morgan fingerprint density at radius 2 is 1.96 bits per heavy atom. The van der Waals surface area contributed by atoms with Crippen LogP contribution < -0.4 is 24.8 Å². The Morgan fingerprint density at radius 1 is 1.20 bits per heavy atom. The van der Waals surface area contributed by atoms with E-state index in [1.165, 1.54) is 14.2 Å². The van der Waals surface area contributed by atoms with E-state index in [9.17, 15) is 9.59 Å². The second kappa shape index (κ2) is 6.90. The number of anilines is 2. The van der Waals surface area contributed by atoms with E-state index in [4.69, 9.17) is 25.8 Å². The van der Waals surface area contributed by atoms with E-state index in [1.807, 2.05) is 0 Å². The van der Waals surface area contributed by atoms with Crippen LogP contribution in [0.5, 0.6) is 17.2 Å². The van der Waals surface area contributed by atoms with Gasteiger partial charge in [-0.05, 0) is 18.2 Å². The van der Waals surface area contributed by atoms with Crippen molar-refractivity contribution in [2.24, 2.45) is 0 Å². The number of hydrogen-bond donors (Lipinski definition) is 2. The molecule has 0 spiro atoms. The highest BCUT2D eigenvalue weighted by Gasteiger charge is 2.19. The van der Waals surface area contributed by atoms with Gasteiger partial charge in [-0.15, -0.1) is 0 Å². The largest absolute Gasteiger partial charge is 0.495 e. The van der Waals surface area contributed by atoms with E-state index >= 15 is 0 Å². The zero-order valence-electron chi connectivity index (χ0n) is 13.5. The average Bonchev–Trinajstić information content (AvgIpc) is 2.62. The highest BCUT2D eigenvalue weighted by molar-refractivity contribution is 6.32. The summed E-state index contributed by atoms with van der Waals surface area (Å²) >= 11 is 6.06. The van der Waals surface area contributed by atoms with E-state index in [2.05, 4.69) is 10.6 Å². The lowest BCUT2D eigenvalue weighted by molar-refractivity contribution is -0.118. The molecule has 0 saturated carbocycles. The molecule has 3 rings (SSSR count). The molecular formula is C17H15ClN2O5. The molecule has 1 aliphatic rings. The van der Waals surface area contributed by atoms with Gasteiger partial charge < -0.3 is 24.8 Å². The lowest BCUT2D eigenvalue weighted by Gasteiger charge is -2.18.